The van der Waals surface area contributed by atoms with Gasteiger partial charge in [0.25, 0.3) is 0 Å². The topological polar surface area (TPSA) is 73.8 Å². The molecule has 2 aromatic rings. The first-order valence-corrected chi connectivity index (χ1v) is 13.0. The molecule has 1 fully saturated rings. The third kappa shape index (κ3) is 6.30. The van der Waals surface area contributed by atoms with E-state index in [1.807, 2.05) is 6.07 Å². The van der Waals surface area contributed by atoms with Crippen LogP contribution in [0.25, 0.3) is 0 Å². The number of benzene rings is 1. The summed E-state index contributed by atoms with van der Waals surface area (Å²) < 4.78 is 24.9. The first-order valence-electron chi connectivity index (χ1n) is 10.5. The zero-order valence-electron chi connectivity index (χ0n) is 17.8. The van der Waals surface area contributed by atoms with Crippen LogP contribution < -0.4 is 10.6 Å². The molecule has 0 spiro atoms. The SMILES string of the molecule is CN=C(NCCS(=O)(=O)c1ccccc1)NCC(c1cccs1)N1CCC(C)CC1. The van der Waals surface area contributed by atoms with E-state index in [2.05, 4.69) is 45.0 Å². The van der Waals surface area contributed by atoms with E-state index < -0.39 is 9.84 Å². The van der Waals surface area contributed by atoms with Crippen LogP contribution in [0.4, 0.5) is 0 Å². The fourth-order valence-corrected chi connectivity index (χ4v) is 5.73. The van der Waals surface area contributed by atoms with Gasteiger partial charge in [-0.05, 0) is 55.4 Å². The van der Waals surface area contributed by atoms with Gasteiger partial charge in [-0.1, -0.05) is 31.2 Å². The monoisotopic (exact) mass is 448 g/mol. The molecule has 1 aromatic carbocycles. The minimum atomic E-state index is -3.31. The maximum absolute atomic E-state index is 12.5. The Morgan fingerprint density at radius 1 is 1.17 bits per heavy atom. The Labute approximate surface area is 184 Å². The highest BCUT2D eigenvalue weighted by atomic mass is 32.2. The Balaban J connectivity index is 1.54. The van der Waals surface area contributed by atoms with E-state index in [9.17, 15) is 8.42 Å². The molecule has 6 nitrogen and oxygen atoms in total. The molecule has 0 radical (unpaired) electrons. The average Bonchev–Trinajstić information content (AvgIpc) is 3.29. The second-order valence-electron chi connectivity index (χ2n) is 7.76. The van der Waals surface area contributed by atoms with Gasteiger partial charge in [-0.3, -0.25) is 9.89 Å². The maximum atomic E-state index is 12.5. The number of sulfone groups is 1. The average molecular weight is 449 g/mol. The molecule has 1 aliphatic rings. The van der Waals surface area contributed by atoms with Crippen molar-refractivity contribution in [2.75, 3.05) is 39.0 Å². The largest absolute Gasteiger partial charge is 0.355 e. The van der Waals surface area contributed by atoms with Crippen molar-refractivity contribution in [2.45, 2.75) is 30.7 Å². The van der Waals surface area contributed by atoms with Gasteiger partial charge in [0.2, 0.25) is 0 Å². The standard InChI is InChI=1S/C22H32N4O2S2/c1-18-10-13-26(14-11-18)20(21-9-6-15-29-21)17-25-22(23-2)24-12-16-30(27,28)19-7-4-3-5-8-19/h3-9,15,18,20H,10-14,16-17H2,1-2H3,(H2,23,24,25). The number of hydrogen-bond acceptors (Lipinski definition) is 5. The summed E-state index contributed by atoms with van der Waals surface area (Å²) >= 11 is 1.78. The Bertz CT molecular complexity index is 890. The number of nitrogens with zero attached hydrogens (tertiary/aromatic N) is 2. The molecule has 8 heteroatoms. The van der Waals surface area contributed by atoms with Crippen molar-refractivity contribution >= 4 is 27.1 Å². The molecule has 0 saturated carbocycles. The van der Waals surface area contributed by atoms with Gasteiger partial charge in [0.15, 0.2) is 15.8 Å². The summed E-state index contributed by atoms with van der Waals surface area (Å²) in [4.78, 5) is 8.52. The number of likely N-dealkylation sites (tertiary alicyclic amines) is 1. The Hall–Kier alpha value is -1.90. The zero-order valence-corrected chi connectivity index (χ0v) is 19.4. The summed E-state index contributed by atoms with van der Waals surface area (Å²) in [5, 5.41) is 8.67. The summed E-state index contributed by atoms with van der Waals surface area (Å²) in [6.07, 6.45) is 2.46. The van der Waals surface area contributed by atoms with E-state index in [1.165, 1.54) is 17.7 Å². The Morgan fingerprint density at radius 3 is 2.53 bits per heavy atom. The van der Waals surface area contributed by atoms with Crippen molar-refractivity contribution < 1.29 is 8.42 Å². The predicted octanol–water partition coefficient (Wildman–Crippen LogP) is 3.16. The molecule has 2 heterocycles. The summed E-state index contributed by atoms with van der Waals surface area (Å²) in [6.45, 7) is 5.58. The quantitative estimate of drug-likeness (QED) is 0.479. The predicted molar refractivity (Wildman–Crippen MR) is 125 cm³/mol. The number of nitrogens with one attached hydrogen (secondary N) is 2. The molecule has 1 aliphatic heterocycles. The van der Waals surface area contributed by atoms with Crippen molar-refractivity contribution in [2.24, 2.45) is 10.9 Å². The van der Waals surface area contributed by atoms with Crippen molar-refractivity contribution in [3.8, 4) is 0 Å². The van der Waals surface area contributed by atoms with E-state index in [-0.39, 0.29) is 5.75 Å². The van der Waals surface area contributed by atoms with Crippen LogP contribution in [0.15, 0.2) is 57.7 Å². The minimum Gasteiger partial charge on any atom is -0.355 e. The van der Waals surface area contributed by atoms with Gasteiger partial charge < -0.3 is 10.6 Å². The first-order chi connectivity index (χ1) is 14.5. The summed E-state index contributed by atoms with van der Waals surface area (Å²) in [5.74, 6) is 1.44. The third-order valence-corrected chi connectivity index (χ3v) is 8.29. The van der Waals surface area contributed by atoms with Crippen LogP contribution in [0.5, 0.6) is 0 Å². The van der Waals surface area contributed by atoms with Crippen molar-refractivity contribution in [3.63, 3.8) is 0 Å². The van der Waals surface area contributed by atoms with Gasteiger partial charge in [-0.25, -0.2) is 8.42 Å². The van der Waals surface area contributed by atoms with E-state index in [0.717, 1.165) is 25.6 Å². The van der Waals surface area contributed by atoms with Crippen LogP contribution in [0.1, 0.15) is 30.7 Å². The first kappa shape index (κ1) is 22.8. The highest BCUT2D eigenvalue weighted by Gasteiger charge is 2.25. The molecule has 3 rings (SSSR count). The third-order valence-electron chi connectivity index (χ3n) is 5.58. The van der Waals surface area contributed by atoms with Crippen molar-refractivity contribution in [1.29, 1.82) is 0 Å². The molecule has 1 atom stereocenters. The molecule has 1 aromatic heterocycles. The maximum Gasteiger partial charge on any atom is 0.191 e. The Kier molecular flexibility index (Phi) is 8.30. The van der Waals surface area contributed by atoms with Gasteiger partial charge in [0.1, 0.15) is 0 Å². The number of hydrogen-bond donors (Lipinski definition) is 2. The summed E-state index contributed by atoms with van der Waals surface area (Å²) in [6, 6.07) is 13.2. The lowest BCUT2D eigenvalue weighted by Crippen LogP contribution is -2.45. The van der Waals surface area contributed by atoms with Gasteiger partial charge in [-0.2, -0.15) is 0 Å². The summed E-state index contributed by atoms with van der Waals surface area (Å²) in [5.41, 5.74) is 0. The number of guanidine groups is 1. The molecule has 164 valence electrons. The van der Waals surface area contributed by atoms with Crippen LogP contribution >= 0.6 is 11.3 Å². The number of thiophene rings is 1. The second-order valence-corrected chi connectivity index (χ2v) is 10.8. The molecule has 0 amide bonds. The smallest absolute Gasteiger partial charge is 0.191 e. The van der Waals surface area contributed by atoms with Crippen LogP contribution in [0.3, 0.4) is 0 Å². The molecule has 1 saturated heterocycles. The molecule has 1 unspecified atom stereocenters. The highest BCUT2D eigenvalue weighted by molar-refractivity contribution is 7.91. The van der Waals surface area contributed by atoms with E-state index in [1.54, 1.807) is 42.6 Å². The van der Waals surface area contributed by atoms with E-state index in [0.29, 0.717) is 23.4 Å². The molecule has 2 N–H and O–H groups in total. The lowest BCUT2D eigenvalue weighted by molar-refractivity contribution is 0.140. The van der Waals surface area contributed by atoms with Gasteiger partial charge in [0.05, 0.1) is 16.7 Å². The molecule has 30 heavy (non-hydrogen) atoms. The lowest BCUT2D eigenvalue weighted by Gasteiger charge is -2.36. The minimum absolute atomic E-state index is 0.0239. The fraction of sp³-hybridized carbons (Fsp3) is 0.500. The lowest BCUT2D eigenvalue weighted by atomic mass is 9.97. The van der Waals surface area contributed by atoms with Crippen LogP contribution in [-0.2, 0) is 9.84 Å². The van der Waals surface area contributed by atoms with Crippen LogP contribution in [-0.4, -0.2) is 58.3 Å². The fourth-order valence-electron chi connectivity index (χ4n) is 3.69. The van der Waals surface area contributed by atoms with E-state index in [4.69, 9.17) is 0 Å². The van der Waals surface area contributed by atoms with Crippen molar-refractivity contribution in [3.05, 3.63) is 52.7 Å². The highest BCUT2D eigenvalue weighted by Crippen LogP contribution is 2.29. The van der Waals surface area contributed by atoms with Crippen LogP contribution in [0, 0.1) is 5.92 Å². The summed E-state index contributed by atoms with van der Waals surface area (Å²) in [7, 11) is -1.59. The van der Waals surface area contributed by atoms with Gasteiger partial charge in [0, 0.05) is 25.0 Å². The van der Waals surface area contributed by atoms with Crippen LogP contribution in [0.2, 0.25) is 0 Å². The second kappa shape index (κ2) is 10.9. The number of aliphatic imine (C=N–C) groups is 1. The van der Waals surface area contributed by atoms with E-state index >= 15 is 0 Å². The Morgan fingerprint density at radius 2 is 1.90 bits per heavy atom. The normalized spacial score (nSPS) is 17.6. The van der Waals surface area contributed by atoms with Gasteiger partial charge >= 0.3 is 0 Å². The molecular formula is C22H32N4O2S2. The molecular weight excluding hydrogens is 416 g/mol. The van der Waals surface area contributed by atoms with Gasteiger partial charge in [-0.15, -0.1) is 11.3 Å². The molecule has 0 bridgehead atoms. The molecule has 0 aliphatic carbocycles. The zero-order chi connectivity index (χ0) is 21.4. The number of rotatable bonds is 8. The number of piperidine rings is 1. The van der Waals surface area contributed by atoms with Crippen molar-refractivity contribution in [1.82, 2.24) is 15.5 Å².